The highest BCUT2D eigenvalue weighted by Gasteiger charge is 2.32. The number of Topliss-reactive ketones (excluding diaryl/α,β-unsaturated/α-hetero) is 1. The summed E-state index contributed by atoms with van der Waals surface area (Å²) < 4.78 is 0. The fourth-order valence-electron chi connectivity index (χ4n) is 2.76. The van der Waals surface area contributed by atoms with Crippen molar-refractivity contribution in [1.82, 2.24) is 0 Å². The molecule has 122 valence electrons. The van der Waals surface area contributed by atoms with Gasteiger partial charge in [0.25, 0.3) is 0 Å². The van der Waals surface area contributed by atoms with Crippen LogP contribution in [0.1, 0.15) is 60.4 Å². The molecular weight excluding hydrogens is 292 g/mol. The highest BCUT2D eigenvalue weighted by atomic mass is 17.1. The molecule has 1 aliphatic carbocycles. The highest BCUT2D eigenvalue weighted by Crippen LogP contribution is 2.34. The van der Waals surface area contributed by atoms with Gasteiger partial charge in [-0.1, -0.05) is 51.1 Å². The van der Waals surface area contributed by atoms with E-state index in [1.807, 2.05) is 52.0 Å². The van der Waals surface area contributed by atoms with Crippen LogP contribution < -0.4 is 0 Å². The Labute approximate surface area is 136 Å². The largest absolute Gasteiger partial charge is 0.373 e. The van der Waals surface area contributed by atoms with Crippen molar-refractivity contribution >= 4 is 11.8 Å². The first-order valence-electron chi connectivity index (χ1n) is 7.58. The van der Waals surface area contributed by atoms with Gasteiger partial charge in [0.05, 0.1) is 11.0 Å². The molecule has 0 aromatic heterocycles. The van der Waals surface area contributed by atoms with Crippen molar-refractivity contribution in [3.8, 4) is 0 Å². The van der Waals surface area contributed by atoms with Crippen LogP contribution in [0.15, 0.2) is 42.5 Å². The van der Waals surface area contributed by atoms with E-state index in [1.54, 1.807) is 12.1 Å². The highest BCUT2D eigenvalue weighted by molar-refractivity contribution is 6.03. The third kappa shape index (κ3) is 3.42. The average molecular weight is 314 g/mol. The summed E-state index contributed by atoms with van der Waals surface area (Å²) in [6.45, 7) is 7.73. The lowest BCUT2D eigenvalue weighted by Gasteiger charge is -2.27. The van der Waals surface area contributed by atoms with Crippen LogP contribution in [0.5, 0.6) is 0 Å². The Morgan fingerprint density at radius 2 is 1.91 bits per heavy atom. The minimum atomic E-state index is -0.819. The van der Waals surface area contributed by atoms with E-state index in [0.29, 0.717) is 17.5 Å². The number of carbonyl (C=O) groups is 2. The zero-order valence-electron chi connectivity index (χ0n) is 13.9. The molecule has 0 spiro atoms. The predicted octanol–water partition coefficient (Wildman–Crippen LogP) is 4.32. The van der Waals surface area contributed by atoms with Crippen LogP contribution in [0.3, 0.4) is 0 Å². The zero-order valence-corrected chi connectivity index (χ0v) is 13.9. The summed E-state index contributed by atoms with van der Waals surface area (Å²) in [4.78, 5) is 28.5. The van der Waals surface area contributed by atoms with Crippen molar-refractivity contribution in [2.24, 2.45) is 5.41 Å². The maximum atomic E-state index is 12.9. The second-order valence-corrected chi connectivity index (χ2v) is 7.13. The zero-order chi connectivity index (χ0) is 17.3. The Morgan fingerprint density at radius 1 is 1.22 bits per heavy atom. The molecule has 4 heteroatoms. The molecule has 0 bridgehead atoms. The molecule has 2 rings (SSSR count). The van der Waals surface area contributed by atoms with E-state index in [0.717, 1.165) is 0 Å². The molecule has 1 aromatic carbocycles. The van der Waals surface area contributed by atoms with Gasteiger partial charge in [0.2, 0.25) is 0 Å². The van der Waals surface area contributed by atoms with Gasteiger partial charge >= 0.3 is 5.97 Å². The van der Waals surface area contributed by atoms with Gasteiger partial charge in [-0.15, -0.1) is 0 Å². The van der Waals surface area contributed by atoms with E-state index < -0.39 is 11.4 Å². The maximum Gasteiger partial charge on any atom is 0.373 e. The average Bonchev–Trinajstić information content (AvgIpc) is 2.52. The molecule has 1 aliphatic rings. The van der Waals surface area contributed by atoms with E-state index in [2.05, 4.69) is 4.89 Å². The first kappa shape index (κ1) is 17.2. The number of ketones is 1. The maximum absolute atomic E-state index is 12.9. The van der Waals surface area contributed by atoms with Crippen LogP contribution in [0.2, 0.25) is 0 Å². The Kier molecular flexibility index (Phi) is 4.57. The van der Waals surface area contributed by atoms with Gasteiger partial charge in [-0.25, -0.2) is 4.79 Å². The minimum absolute atomic E-state index is 0.00696. The summed E-state index contributed by atoms with van der Waals surface area (Å²) in [6, 6.07) is 4.88. The van der Waals surface area contributed by atoms with E-state index in [-0.39, 0.29) is 16.8 Å². The molecule has 0 saturated heterocycles. The van der Waals surface area contributed by atoms with Crippen LogP contribution in [0, 0.1) is 5.41 Å². The summed E-state index contributed by atoms with van der Waals surface area (Å²) in [5.74, 6) is -0.812. The van der Waals surface area contributed by atoms with Gasteiger partial charge in [-0.05, 0) is 36.5 Å². The van der Waals surface area contributed by atoms with Crippen LogP contribution in [-0.2, 0) is 10.3 Å². The van der Waals surface area contributed by atoms with Gasteiger partial charge in [0.1, 0.15) is 0 Å². The molecule has 4 nitrogen and oxygen atoms in total. The number of carbonyl (C=O) groups excluding carboxylic acids is 2. The first-order chi connectivity index (χ1) is 10.7. The van der Waals surface area contributed by atoms with Crippen LogP contribution >= 0.6 is 0 Å². The Hall–Kier alpha value is -2.20. The molecule has 0 saturated carbocycles. The van der Waals surface area contributed by atoms with Crippen LogP contribution in [0.25, 0.3) is 0 Å². The third-order valence-corrected chi connectivity index (χ3v) is 4.16. The van der Waals surface area contributed by atoms with Gasteiger partial charge in [-0.3, -0.25) is 9.68 Å². The molecule has 0 heterocycles. The van der Waals surface area contributed by atoms with Crippen molar-refractivity contribution in [3.05, 3.63) is 59.2 Å². The number of benzene rings is 1. The molecule has 0 fully saturated rings. The fraction of sp³-hybridized carbons (Fsp3) is 0.368. The van der Waals surface area contributed by atoms with Gasteiger partial charge < -0.3 is 0 Å². The minimum Gasteiger partial charge on any atom is -0.295 e. The Bertz CT molecular complexity index is 692. The predicted molar refractivity (Wildman–Crippen MR) is 88.5 cm³/mol. The quantitative estimate of drug-likeness (QED) is 0.513. The second-order valence-electron chi connectivity index (χ2n) is 7.13. The van der Waals surface area contributed by atoms with Crippen molar-refractivity contribution in [3.63, 3.8) is 0 Å². The number of rotatable bonds is 3. The molecular formula is C19H22O4. The number of hydrogen-bond acceptors (Lipinski definition) is 4. The molecule has 0 radical (unpaired) electrons. The molecule has 0 amide bonds. The van der Waals surface area contributed by atoms with Gasteiger partial charge in [-0.2, -0.15) is 5.26 Å². The standard InChI is InChI=1S/C19H22O4/c1-18(2,3)15-12-13(8-9-14(15)17(21)23-22)16(20)19(4)10-6-5-7-11-19/h5-10,12,22H,11H2,1-4H3. The van der Waals surface area contributed by atoms with Crippen molar-refractivity contribution < 1.29 is 19.7 Å². The SMILES string of the molecule is CC1(C(=O)c2ccc(C(=O)OO)c(C(C)(C)C)c2)C=CC=CC1. The summed E-state index contributed by atoms with van der Waals surface area (Å²) in [5, 5.41) is 8.67. The molecule has 23 heavy (non-hydrogen) atoms. The Balaban J connectivity index is 2.49. The van der Waals surface area contributed by atoms with E-state index in [9.17, 15) is 9.59 Å². The summed E-state index contributed by atoms with van der Waals surface area (Å²) >= 11 is 0. The van der Waals surface area contributed by atoms with Gasteiger partial charge in [0.15, 0.2) is 5.78 Å². The van der Waals surface area contributed by atoms with E-state index in [4.69, 9.17) is 5.26 Å². The monoisotopic (exact) mass is 314 g/mol. The lowest BCUT2D eigenvalue weighted by atomic mass is 9.75. The second kappa shape index (κ2) is 6.13. The number of allylic oxidation sites excluding steroid dienone is 4. The lowest BCUT2D eigenvalue weighted by molar-refractivity contribution is -0.182. The Morgan fingerprint density at radius 3 is 2.43 bits per heavy atom. The van der Waals surface area contributed by atoms with Crippen LogP contribution in [0.4, 0.5) is 0 Å². The van der Waals surface area contributed by atoms with E-state index >= 15 is 0 Å². The normalized spacial score (nSPS) is 20.4. The molecule has 1 atom stereocenters. The van der Waals surface area contributed by atoms with Crippen molar-refractivity contribution in [2.45, 2.75) is 39.5 Å². The first-order valence-corrected chi connectivity index (χ1v) is 7.58. The summed E-state index contributed by atoms with van der Waals surface area (Å²) in [6.07, 6.45) is 8.33. The smallest absolute Gasteiger partial charge is 0.295 e. The number of hydrogen-bond donors (Lipinski definition) is 1. The molecule has 1 aromatic rings. The fourth-order valence-corrected chi connectivity index (χ4v) is 2.76. The van der Waals surface area contributed by atoms with Gasteiger partial charge in [0, 0.05) is 5.56 Å². The van der Waals surface area contributed by atoms with Crippen molar-refractivity contribution in [1.29, 1.82) is 0 Å². The molecule has 1 N–H and O–H groups in total. The van der Waals surface area contributed by atoms with Crippen molar-refractivity contribution in [2.75, 3.05) is 0 Å². The third-order valence-electron chi connectivity index (χ3n) is 4.16. The summed E-state index contributed by atoms with van der Waals surface area (Å²) in [7, 11) is 0. The molecule has 0 aliphatic heterocycles. The summed E-state index contributed by atoms with van der Waals surface area (Å²) in [5.41, 5.74) is 0.528. The van der Waals surface area contributed by atoms with Crippen LogP contribution in [-0.4, -0.2) is 17.0 Å². The topological polar surface area (TPSA) is 63.6 Å². The van der Waals surface area contributed by atoms with E-state index in [1.165, 1.54) is 6.07 Å². The lowest BCUT2D eigenvalue weighted by Crippen LogP contribution is -2.27. The molecule has 1 unspecified atom stereocenters.